The summed E-state index contributed by atoms with van der Waals surface area (Å²) in [7, 11) is -3.54. The lowest BCUT2D eigenvalue weighted by atomic mass is 10.2. The highest BCUT2D eigenvalue weighted by Gasteiger charge is 2.38. The fourth-order valence-corrected chi connectivity index (χ4v) is 3.10. The number of nitrogens with one attached hydrogen (secondary N) is 2. The second-order valence-electron chi connectivity index (χ2n) is 5.94. The minimum atomic E-state index is -5.08. The summed E-state index contributed by atoms with van der Waals surface area (Å²) in [4.78, 5) is 15.5. The maximum atomic E-state index is 12.9. The fraction of sp³-hybridized carbons (Fsp3) is 0.294. The van der Waals surface area contributed by atoms with Crippen LogP contribution in [-0.2, 0) is 19.4 Å². The van der Waals surface area contributed by atoms with E-state index in [1.54, 1.807) is 0 Å². The van der Waals surface area contributed by atoms with Crippen molar-refractivity contribution in [3.05, 3.63) is 35.2 Å². The van der Waals surface area contributed by atoms with E-state index in [0.717, 1.165) is 6.26 Å². The zero-order chi connectivity index (χ0) is 23.4. The molecule has 0 aliphatic heterocycles. The number of allylic oxidation sites excluding steroid dienone is 1. The van der Waals surface area contributed by atoms with Crippen molar-refractivity contribution < 1.29 is 35.6 Å². The van der Waals surface area contributed by atoms with Crippen molar-refractivity contribution in [1.29, 1.82) is 5.41 Å². The highest BCUT2D eigenvalue weighted by Crippen LogP contribution is 2.29. The number of halogens is 4. The predicted octanol–water partition coefficient (Wildman–Crippen LogP) is 2.78. The lowest BCUT2D eigenvalue weighted by molar-refractivity contribution is -0.141. The van der Waals surface area contributed by atoms with Crippen LogP contribution in [-0.4, -0.2) is 55.8 Å². The molecule has 0 aliphatic carbocycles. The van der Waals surface area contributed by atoms with Crippen LogP contribution in [0.1, 0.15) is 12.8 Å². The van der Waals surface area contributed by atoms with Crippen molar-refractivity contribution in [2.45, 2.75) is 18.0 Å². The maximum Gasteiger partial charge on any atom is 0.434 e. The second-order valence-corrected chi connectivity index (χ2v) is 8.34. The summed E-state index contributed by atoms with van der Waals surface area (Å²) < 4.78 is 71.9. The van der Waals surface area contributed by atoms with Crippen LogP contribution in [0.15, 0.2) is 38.7 Å². The molecule has 168 valence electrons. The van der Waals surface area contributed by atoms with Gasteiger partial charge in [-0.25, -0.2) is 8.42 Å². The van der Waals surface area contributed by atoms with Gasteiger partial charge in [0.2, 0.25) is 5.82 Å². The SMILES string of the molecule is CCOC(=O)CN/C(=C(/Cl)C(=N)C(F)(F)F)c1nc(-c2cccc(S(C)(=O)=O)c2)no1. The van der Waals surface area contributed by atoms with Crippen LogP contribution in [0.25, 0.3) is 17.1 Å². The molecule has 0 fully saturated rings. The van der Waals surface area contributed by atoms with E-state index in [1.165, 1.54) is 31.2 Å². The summed E-state index contributed by atoms with van der Waals surface area (Å²) in [5.41, 5.74) is -2.32. The first-order valence-electron chi connectivity index (χ1n) is 8.44. The lowest BCUT2D eigenvalue weighted by Gasteiger charge is -2.12. The van der Waals surface area contributed by atoms with Crippen molar-refractivity contribution in [3.63, 3.8) is 0 Å². The smallest absolute Gasteiger partial charge is 0.434 e. The van der Waals surface area contributed by atoms with E-state index < -0.39 is 50.9 Å². The van der Waals surface area contributed by atoms with Crippen LogP contribution >= 0.6 is 11.6 Å². The Morgan fingerprint density at radius 3 is 2.61 bits per heavy atom. The first-order valence-corrected chi connectivity index (χ1v) is 10.7. The van der Waals surface area contributed by atoms with Crippen molar-refractivity contribution >= 4 is 38.8 Å². The van der Waals surface area contributed by atoms with Gasteiger partial charge in [0, 0.05) is 11.8 Å². The molecule has 0 spiro atoms. The van der Waals surface area contributed by atoms with Crippen LogP contribution in [0.2, 0.25) is 0 Å². The third-order valence-electron chi connectivity index (χ3n) is 3.60. The third-order valence-corrected chi connectivity index (χ3v) is 5.09. The molecule has 0 atom stereocenters. The number of esters is 1. The van der Waals surface area contributed by atoms with Crippen molar-refractivity contribution in [3.8, 4) is 11.4 Å². The average Bonchev–Trinajstić information content (AvgIpc) is 3.16. The summed E-state index contributed by atoms with van der Waals surface area (Å²) in [6.07, 6.45) is -4.09. The lowest BCUT2D eigenvalue weighted by Crippen LogP contribution is -2.28. The van der Waals surface area contributed by atoms with Gasteiger partial charge < -0.3 is 14.6 Å². The number of aromatic nitrogens is 2. The minimum absolute atomic E-state index is 0.0348. The molecule has 0 saturated heterocycles. The van der Waals surface area contributed by atoms with Crippen molar-refractivity contribution in [2.75, 3.05) is 19.4 Å². The molecular weight excluding hydrogens is 465 g/mol. The summed E-state index contributed by atoms with van der Waals surface area (Å²) >= 11 is 5.73. The van der Waals surface area contributed by atoms with E-state index in [2.05, 4.69) is 20.2 Å². The largest absolute Gasteiger partial charge is 0.465 e. The molecule has 2 aromatic rings. The number of hydrogen-bond donors (Lipinski definition) is 2. The van der Waals surface area contributed by atoms with Gasteiger partial charge in [0.25, 0.3) is 5.89 Å². The number of sulfone groups is 1. The number of carbonyl (C=O) groups excluding carboxylic acids is 1. The number of alkyl halides is 3. The molecule has 1 heterocycles. The van der Waals surface area contributed by atoms with Crippen LogP contribution < -0.4 is 5.32 Å². The van der Waals surface area contributed by atoms with Crippen LogP contribution in [0.4, 0.5) is 13.2 Å². The molecular formula is C17H16ClF3N4O5S. The molecule has 0 saturated carbocycles. The molecule has 2 rings (SSSR count). The van der Waals surface area contributed by atoms with Gasteiger partial charge in [-0.3, -0.25) is 10.2 Å². The Bertz CT molecular complexity index is 1130. The van der Waals surface area contributed by atoms with Gasteiger partial charge >= 0.3 is 12.1 Å². The number of nitrogens with zero attached hydrogens (tertiary/aromatic N) is 2. The van der Waals surface area contributed by atoms with Crippen LogP contribution in [0.3, 0.4) is 0 Å². The molecule has 9 nitrogen and oxygen atoms in total. The normalized spacial score (nSPS) is 12.8. The summed E-state index contributed by atoms with van der Waals surface area (Å²) in [6.45, 7) is 0.981. The summed E-state index contributed by atoms with van der Waals surface area (Å²) in [5.74, 6) is -1.51. The Kier molecular flexibility index (Phi) is 7.44. The average molecular weight is 481 g/mol. The highest BCUT2D eigenvalue weighted by molar-refractivity contribution is 7.90. The molecule has 0 radical (unpaired) electrons. The van der Waals surface area contributed by atoms with Gasteiger partial charge in [-0.1, -0.05) is 28.9 Å². The molecule has 2 N–H and O–H groups in total. The number of rotatable bonds is 8. The molecule has 0 amide bonds. The topological polar surface area (TPSA) is 135 Å². The van der Waals surface area contributed by atoms with E-state index >= 15 is 0 Å². The number of ether oxygens (including phenoxy) is 1. The van der Waals surface area contributed by atoms with E-state index in [1.807, 2.05) is 0 Å². The molecule has 14 heteroatoms. The van der Waals surface area contributed by atoms with E-state index in [0.29, 0.717) is 0 Å². The first-order chi connectivity index (χ1) is 14.3. The Morgan fingerprint density at radius 1 is 1.35 bits per heavy atom. The van der Waals surface area contributed by atoms with Crippen molar-refractivity contribution in [2.24, 2.45) is 0 Å². The highest BCUT2D eigenvalue weighted by atomic mass is 35.5. The summed E-state index contributed by atoms with van der Waals surface area (Å²) in [5, 5.41) is 12.0. The quantitative estimate of drug-likeness (QED) is 0.435. The standard InChI is InChI=1S/C17H16ClF3N4O5S/c1-3-29-11(26)8-23-13(12(18)14(22)17(19,20)21)16-24-15(25-30-16)9-5-4-6-10(7-9)31(2,27)28/h4-7,22-23H,3,8H2,1-2H3/b13-12+,22-14?. The van der Waals surface area contributed by atoms with Gasteiger partial charge in [-0.15, -0.1) is 0 Å². The van der Waals surface area contributed by atoms with Crippen LogP contribution in [0.5, 0.6) is 0 Å². The first kappa shape index (κ1) is 24.3. The molecule has 0 bridgehead atoms. The monoisotopic (exact) mass is 480 g/mol. The van der Waals surface area contributed by atoms with E-state index in [-0.39, 0.29) is 22.9 Å². The van der Waals surface area contributed by atoms with Gasteiger partial charge in [-0.2, -0.15) is 18.2 Å². The fourth-order valence-electron chi connectivity index (χ4n) is 2.18. The number of carbonyl (C=O) groups is 1. The molecule has 0 aliphatic rings. The Balaban J connectivity index is 2.48. The Labute approximate surface area is 179 Å². The Morgan fingerprint density at radius 2 is 2.03 bits per heavy atom. The molecule has 1 aromatic carbocycles. The van der Waals surface area contributed by atoms with Gasteiger partial charge in [0.1, 0.15) is 12.2 Å². The Hall–Kier alpha value is -2.93. The second kappa shape index (κ2) is 9.47. The molecule has 31 heavy (non-hydrogen) atoms. The zero-order valence-electron chi connectivity index (χ0n) is 16.1. The van der Waals surface area contributed by atoms with Crippen molar-refractivity contribution in [1.82, 2.24) is 15.5 Å². The predicted molar refractivity (Wildman–Crippen MR) is 104 cm³/mol. The molecule has 1 aromatic heterocycles. The number of hydrogen-bond acceptors (Lipinski definition) is 9. The third kappa shape index (κ3) is 6.28. The maximum absolute atomic E-state index is 12.9. The zero-order valence-corrected chi connectivity index (χ0v) is 17.7. The van der Waals surface area contributed by atoms with Gasteiger partial charge in [0.15, 0.2) is 15.5 Å². The minimum Gasteiger partial charge on any atom is -0.465 e. The van der Waals surface area contributed by atoms with Gasteiger partial charge in [0.05, 0.1) is 16.5 Å². The number of benzene rings is 1. The van der Waals surface area contributed by atoms with E-state index in [9.17, 15) is 26.4 Å². The molecule has 0 unspecified atom stereocenters. The van der Waals surface area contributed by atoms with Crippen LogP contribution in [0, 0.1) is 5.41 Å². The van der Waals surface area contributed by atoms with Gasteiger partial charge in [-0.05, 0) is 19.1 Å². The van der Waals surface area contributed by atoms with E-state index in [4.69, 9.17) is 21.5 Å². The summed E-state index contributed by atoms with van der Waals surface area (Å²) in [6, 6.07) is 5.47.